The third kappa shape index (κ3) is 5.74. The maximum Gasteiger partial charge on any atom is 0.230 e. The van der Waals surface area contributed by atoms with Gasteiger partial charge in [0.05, 0.1) is 23.1 Å². The molecule has 6 heteroatoms. The van der Waals surface area contributed by atoms with E-state index in [1.807, 2.05) is 30.7 Å². The first-order chi connectivity index (χ1) is 11.6. The van der Waals surface area contributed by atoms with E-state index in [-0.39, 0.29) is 5.91 Å². The summed E-state index contributed by atoms with van der Waals surface area (Å²) in [5, 5.41) is 16.1. The average Bonchev–Trinajstić information content (AvgIpc) is 2.90. The molecule has 1 N–H and O–H groups in total. The number of thioether (sulfide) groups is 1. The van der Waals surface area contributed by atoms with Crippen LogP contribution in [0.1, 0.15) is 28.9 Å². The number of hydrogen-bond donors (Lipinski definition) is 1. The number of aromatic nitrogens is 2. The Hall–Kier alpha value is -2.26. The lowest BCUT2D eigenvalue weighted by atomic mass is 10.2. The number of benzene rings is 1. The van der Waals surface area contributed by atoms with Crippen LogP contribution in [0.2, 0.25) is 0 Å². The van der Waals surface area contributed by atoms with Crippen molar-refractivity contribution < 1.29 is 4.79 Å². The summed E-state index contributed by atoms with van der Waals surface area (Å²) in [4.78, 5) is 11.8. The van der Waals surface area contributed by atoms with E-state index >= 15 is 0 Å². The van der Waals surface area contributed by atoms with Gasteiger partial charge in [0.2, 0.25) is 5.91 Å². The molecule has 0 spiro atoms. The van der Waals surface area contributed by atoms with Crippen LogP contribution in [0.5, 0.6) is 0 Å². The van der Waals surface area contributed by atoms with Crippen molar-refractivity contribution in [3.05, 3.63) is 52.8 Å². The summed E-state index contributed by atoms with van der Waals surface area (Å²) in [7, 11) is 0. The van der Waals surface area contributed by atoms with E-state index in [1.54, 1.807) is 23.9 Å². The highest BCUT2D eigenvalue weighted by molar-refractivity contribution is 7.99. The lowest BCUT2D eigenvalue weighted by Gasteiger charge is -2.07. The molecule has 0 aliphatic heterocycles. The molecule has 5 nitrogen and oxygen atoms in total. The summed E-state index contributed by atoms with van der Waals surface area (Å²) in [6.07, 6.45) is 0.869. The van der Waals surface area contributed by atoms with Crippen LogP contribution >= 0.6 is 11.8 Å². The van der Waals surface area contributed by atoms with Crippen molar-refractivity contribution in [1.82, 2.24) is 15.1 Å². The van der Waals surface area contributed by atoms with Gasteiger partial charge in [-0.1, -0.05) is 12.1 Å². The minimum atomic E-state index is 0.0574. The first kappa shape index (κ1) is 18.1. The van der Waals surface area contributed by atoms with Gasteiger partial charge in [-0.05, 0) is 44.0 Å². The van der Waals surface area contributed by atoms with Crippen molar-refractivity contribution in [3.8, 4) is 6.07 Å². The van der Waals surface area contributed by atoms with Crippen LogP contribution in [-0.2, 0) is 17.1 Å². The number of aryl methyl sites for hydroxylation is 3. The molecule has 0 aliphatic carbocycles. The Labute approximate surface area is 147 Å². The highest BCUT2D eigenvalue weighted by Gasteiger charge is 2.03. The lowest BCUT2D eigenvalue weighted by Crippen LogP contribution is -2.27. The molecular weight excluding hydrogens is 320 g/mol. The van der Waals surface area contributed by atoms with E-state index in [4.69, 9.17) is 5.26 Å². The maximum atomic E-state index is 11.8. The van der Waals surface area contributed by atoms with Gasteiger partial charge in [-0.3, -0.25) is 9.48 Å². The monoisotopic (exact) mass is 342 g/mol. The van der Waals surface area contributed by atoms with Crippen molar-refractivity contribution in [2.45, 2.75) is 32.6 Å². The van der Waals surface area contributed by atoms with Gasteiger partial charge in [0.15, 0.2) is 0 Å². The van der Waals surface area contributed by atoms with E-state index in [0.29, 0.717) is 17.9 Å². The predicted molar refractivity (Wildman–Crippen MR) is 96.6 cm³/mol. The number of rotatable bonds is 8. The SMILES string of the molecule is Cc1cc(C)n(CCCNC(=O)CSCc2ccc(C#N)cc2)n1. The average molecular weight is 342 g/mol. The Kier molecular flexibility index (Phi) is 6.89. The van der Waals surface area contributed by atoms with Gasteiger partial charge in [-0.25, -0.2) is 0 Å². The summed E-state index contributed by atoms with van der Waals surface area (Å²) in [6, 6.07) is 11.6. The number of carbonyl (C=O) groups excluding carboxylic acids is 1. The predicted octanol–water partition coefficient (Wildman–Crippen LogP) is 2.81. The number of carbonyl (C=O) groups is 1. The number of nitriles is 1. The number of amides is 1. The van der Waals surface area contributed by atoms with E-state index in [0.717, 1.165) is 35.7 Å². The molecule has 0 saturated heterocycles. The second kappa shape index (κ2) is 9.14. The fourth-order valence-electron chi connectivity index (χ4n) is 2.35. The zero-order valence-corrected chi connectivity index (χ0v) is 14.9. The van der Waals surface area contributed by atoms with E-state index < -0.39 is 0 Å². The van der Waals surface area contributed by atoms with Gasteiger partial charge in [0.1, 0.15) is 0 Å². The smallest absolute Gasteiger partial charge is 0.230 e. The van der Waals surface area contributed by atoms with Crippen LogP contribution in [0.25, 0.3) is 0 Å². The molecule has 2 rings (SSSR count). The van der Waals surface area contributed by atoms with Gasteiger partial charge < -0.3 is 5.32 Å². The molecule has 1 aromatic carbocycles. The van der Waals surface area contributed by atoms with Crippen LogP contribution in [-0.4, -0.2) is 28.0 Å². The standard InChI is InChI=1S/C18H22N4OS/c1-14-10-15(2)22(21-14)9-3-8-20-18(23)13-24-12-17-6-4-16(11-19)5-7-17/h4-7,10H,3,8-9,12-13H2,1-2H3,(H,20,23). The molecule has 0 atom stereocenters. The third-order valence-electron chi connectivity index (χ3n) is 3.56. The molecule has 126 valence electrons. The maximum absolute atomic E-state index is 11.8. The van der Waals surface area contributed by atoms with Crippen molar-refractivity contribution in [3.63, 3.8) is 0 Å². The molecule has 24 heavy (non-hydrogen) atoms. The molecule has 0 saturated carbocycles. The van der Waals surface area contributed by atoms with E-state index in [1.165, 1.54) is 0 Å². The Morgan fingerprint density at radius 2 is 2.08 bits per heavy atom. The lowest BCUT2D eigenvalue weighted by molar-refractivity contribution is -0.118. The van der Waals surface area contributed by atoms with Crippen LogP contribution < -0.4 is 5.32 Å². The van der Waals surface area contributed by atoms with E-state index in [2.05, 4.69) is 22.6 Å². The fourth-order valence-corrected chi connectivity index (χ4v) is 3.16. The van der Waals surface area contributed by atoms with Crippen LogP contribution in [0.15, 0.2) is 30.3 Å². The number of nitrogens with zero attached hydrogens (tertiary/aromatic N) is 3. The number of hydrogen-bond acceptors (Lipinski definition) is 4. The van der Waals surface area contributed by atoms with Gasteiger partial charge in [-0.2, -0.15) is 10.4 Å². The van der Waals surface area contributed by atoms with Crippen molar-refractivity contribution in [1.29, 1.82) is 5.26 Å². The topological polar surface area (TPSA) is 70.7 Å². The minimum Gasteiger partial charge on any atom is -0.355 e. The first-order valence-corrected chi connectivity index (χ1v) is 9.08. The van der Waals surface area contributed by atoms with Crippen LogP contribution in [0.3, 0.4) is 0 Å². The molecule has 1 aromatic heterocycles. The molecule has 0 radical (unpaired) electrons. The zero-order chi connectivity index (χ0) is 17.4. The van der Waals surface area contributed by atoms with Gasteiger partial charge in [0, 0.05) is 24.5 Å². The number of nitrogens with one attached hydrogen (secondary N) is 1. The van der Waals surface area contributed by atoms with Crippen molar-refractivity contribution in [2.75, 3.05) is 12.3 Å². The molecule has 0 fully saturated rings. The summed E-state index contributed by atoms with van der Waals surface area (Å²) in [5.74, 6) is 1.27. The minimum absolute atomic E-state index is 0.0574. The molecule has 2 aromatic rings. The fraction of sp³-hybridized carbons (Fsp3) is 0.389. The van der Waals surface area contributed by atoms with Crippen LogP contribution in [0.4, 0.5) is 0 Å². The van der Waals surface area contributed by atoms with E-state index in [9.17, 15) is 4.79 Å². The third-order valence-corrected chi connectivity index (χ3v) is 4.56. The molecular formula is C18H22N4OS. The highest BCUT2D eigenvalue weighted by atomic mass is 32.2. The summed E-state index contributed by atoms with van der Waals surface area (Å²) >= 11 is 1.58. The Bertz CT molecular complexity index is 716. The van der Waals surface area contributed by atoms with Crippen LogP contribution in [0, 0.1) is 25.2 Å². The Morgan fingerprint density at radius 1 is 1.33 bits per heavy atom. The summed E-state index contributed by atoms with van der Waals surface area (Å²) in [5.41, 5.74) is 3.95. The second-order valence-corrected chi connectivity index (χ2v) is 6.64. The molecule has 1 heterocycles. The second-order valence-electron chi connectivity index (χ2n) is 5.66. The van der Waals surface area contributed by atoms with Crippen molar-refractivity contribution >= 4 is 17.7 Å². The highest BCUT2D eigenvalue weighted by Crippen LogP contribution is 2.12. The molecule has 0 bridgehead atoms. The van der Waals surface area contributed by atoms with Gasteiger partial charge in [-0.15, -0.1) is 11.8 Å². The Balaban J connectivity index is 1.59. The summed E-state index contributed by atoms with van der Waals surface area (Å²) < 4.78 is 1.97. The molecule has 0 aliphatic rings. The zero-order valence-electron chi connectivity index (χ0n) is 14.1. The van der Waals surface area contributed by atoms with Gasteiger partial charge >= 0.3 is 0 Å². The molecule has 1 amide bonds. The quantitative estimate of drug-likeness (QED) is 0.749. The van der Waals surface area contributed by atoms with Gasteiger partial charge in [0.25, 0.3) is 0 Å². The largest absolute Gasteiger partial charge is 0.355 e. The summed E-state index contributed by atoms with van der Waals surface area (Å²) in [6.45, 7) is 5.50. The Morgan fingerprint density at radius 3 is 2.71 bits per heavy atom. The molecule has 0 unspecified atom stereocenters. The first-order valence-electron chi connectivity index (χ1n) is 7.93. The normalized spacial score (nSPS) is 10.4. The van der Waals surface area contributed by atoms with Crippen molar-refractivity contribution in [2.24, 2.45) is 0 Å².